The Bertz CT molecular complexity index is 774. The molecule has 102 valence electrons. The van der Waals surface area contributed by atoms with Crippen LogP contribution in [-0.4, -0.2) is 10.2 Å². The van der Waals surface area contributed by atoms with Gasteiger partial charge >= 0.3 is 0 Å². The molecule has 0 radical (unpaired) electrons. The van der Waals surface area contributed by atoms with Gasteiger partial charge < -0.3 is 5.73 Å². The van der Waals surface area contributed by atoms with Gasteiger partial charge in [0, 0.05) is 10.9 Å². The molecule has 3 N–H and O–H groups in total. The number of nitrogens with one attached hydrogen (secondary N) is 1. The Kier molecular flexibility index (Phi) is 2.93. The van der Waals surface area contributed by atoms with Gasteiger partial charge in [-0.2, -0.15) is 5.10 Å². The van der Waals surface area contributed by atoms with Gasteiger partial charge in [-0.15, -0.1) is 0 Å². The van der Waals surface area contributed by atoms with Crippen molar-refractivity contribution in [2.24, 2.45) is 0 Å². The van der Waals surface area contributed by atoms with Crippen LogP contribution in [0.15, 0.2) is 36.4 Å². The highest BCUT2D eigenvalue weighted by Gasteiger charge is 2.10. The molecule has 0 aliphatic rings. The van der Waals surface area contributed by atoms with Crippen LogP contribution >= 0.6 is 0 Å². The first-order valence-electron chi connectivity index (χ1n) is 6.59. The smallest absolute Gasteiger partial charge is 0.153 e. The number of nitrogen functional groups attached to an aromatic ring is 1. The van der Waals surface area contributed by atoms with Gasteiger partial charge in [-0.25, -0.2) is 4.39 Å². The van der Waals surface area contributed by atoms with Crippen molar-refractivity contribution in [3.63, 3.8) is 0 Å². The number of anilines is 1. The van der Waals surface area contributed by atoms with Gasteiger partial charge in [0.15, 0.2) is 5.82 Å². The maximum atomic E-state index is 14.1. The van der Waals surface area contributed by atoms with E-state index < -0.39 is 0 Å². The van der Waals surface area contributed by atoms with Crippen LogP contribution in [-0.2, 0) is 0 Å². The Balaban J connectivity index is 2.16. The van der Waals surface area contributed by atoms with Crippen LogP contribution in [0.3, 0.4) is 0 Å². The van der Waals surface area contributed by atoms with E-state index in [0.29, 0.717) is 17.3 Å². The molecule has 1 heterocycles. The van der Waals surface area contributed by atoms with Crippen LogP contribution in [0.25, 0.3) is 22.0 Å². The predicted octanol–water partition coefficient (Wildman–Crippen LogP) is 4.07. The minimum Gasteiger partial charge on any atom is -0.382 e. The maximum absolute atomic E-state index is 14.1. The van der Waals surface area contributed by atoms with Crippen LogP contribution in [0, 0.1) is 5.82 Å². The van der Waals surface area contributed by atoms with Gasteiger partial charge in [-0.1, -0.05) is 26.0 Å². The summed E-state index contributed by atoms with van der Waals surface area (Å²) < 4.78 is 14.1. The maximum Gasteiger partial charge on any atom is 0.153 e. The Morgan fingerprint density at radius 2 is 1.95 bits per heavy atom. The standard InChI is InChI=1S/C16H16FN3/c1-9(2)10-4-6-14(17)13(7-10)11-3-5-12-15(8-11)19-20-16(12)18/h3-9H,1-2H3,(H3,18,19,20). The van der Waals surface area contributed by atoms with E-state index in [-0.39, 0.29) is 5.82 Å². The lowest BCUT2D eigenvalue weighted by Crippen LogP contribution is -1.91. The number of fused-ring (bicyclic) bond motifs is 1. The largest absolute Gasteiger partial charge is 0.382 e. The van der Waals surface area contributed by atoms with Crippen molar-refractivity contribution in [2.75, 3.05) is 5.73 Å². The zero-order valence-electron chi connectivity index (χ0n) is 11.4. The summed E-state index contributed by atoms with van der Waals surface area (Å²) in [4.78, 5) is 0. The number of halogens is 1. The van der Waals surface area contributed by atoms with E-state index >= 15 is 0 Å². The Morgan fingerprint density at radius 3 is 2.70 bits per heavy atom. The first kappa shape index (κ1) is 12.7. The third kappa shape index (κ3) is 2.03. The molecule has 3 nitrogen and oxygen atoms in total. The van der Waals surface area contributed by atoms with E-state index in [1.165, 1.54) is 6.07 Å². The number of hydrogen-bond acceptors (Lipinski definition) is 2. The van der Waals surface area contributed by atoms with E-state index in [1.54, 1.807) is 0 Å². The number of aromatic amines is 1. The molecule has 0 aliphatic heterocycles. The topological polar surface area (TPSA) is 54.7 Å². The molecule has 0 bridgehead atoms. The summed E-state index contributed by atoms with van der Waals surface area (Å²) in [5.74, 6) is 0.602. The second-order valence-electron chi connectivity index (χ2n) is 5.26. The molecular weight excluding hydrogens is 253 g/mol. The predicted molar refractivity (Wildman–Crippen MR) is 80.0 cm³/mol. The number of aromatic nitrogens is 2. The number of benzene rings is 2. The molecule has 0 unspecified atom stereocenters. The highest BCUT2D eigenvalue weighted by molar-refractivity contribution is 5.91. The fourth-order valence-electron chi connectivity index (χ4n) is 2.33. The molecule has 0 amide bonds. The van der Waals surface area contributed by atoms with Crippen molar-refractivity contribution in [1.29, 1.82) is 0 Å². The third-order valence-electron chi connectivity index (χ3n) is 3.56. The van der Waals surface area contributed by atoms with E-state index in [9.17, 15) is 4.39 Å². The van der Waals surface area contributed by atoms with Crippen LogP contribution in [0.1, 0.15) is 25.3 Å². The average molecular weight is 269 g/mol. The lowest BCUT2D eigenvalue weighted by atomic mass is 9.96. The molecular formula is C16H16FN3. The average Bonchev–Trinajstić information content (AvgIpc) is 2.80. The summed E-state index contributed by atoms with van der Waals surface area (Å²) in [6.07, 6.45) is 0. The molecule has 2 aromatic carbocycles. The highest BCUT2D eigenvalue weighted by Crippen LogP contribution is 2.30. The molecule has 3 aromatic rings. The van der Waals surface area contributed by atoms with Crippen molar-refractivity contribution >= 4 is 16.7 Å². The van der Waals surface area contributed by atoms with Crippen molar-refractivity contribution in [3.8, 4) is 11.1 Å². The molecule has 0 atom stereocenters. The lowest BCUT2D eigenvalue weighted by Gasteiger charge is -2.10. The second-order valence-corrected chi connectivity index (χ2v) is 5.26. The molecule has 0 saturated heterocycles. The van der Waals surface area contributed by atoms with Crippen molar-refractivity contribution in [1.82, 2.24) is 10.2 Å². The number of H-pyrrole nitrogens is 1. The summed E-state index contributed by atoms with van der Waals surface area (Å²) in [6, 6.07) is 10.9. The quantitative estimate of drug-likeness (QED) is 0.736. The minimum atomic E-state index is -0.221. The summed E-state index contributed by atoms with van der Waals surface area (Å²) in [5, 5.41) is 7.67. The van der Waals surface area contributed by atoms with Gasteiger partial charge in [0.2, 0.25) is 0 Å². The molecule has 0 fully saturated rings. The summed E-state index contributed by atoms with van der Waals surface area (Å²) in [5.41, 5.74) is 9.10. The van der Waals surface area contributed by atoms with Gasteiger partial charge in [0.05, 0.1) is 5.52 Å². The van der Waals surface area contributed by atoms with Gasteiger partial charge in [-0.3, -0.25) is 5.10 Å². The second kappa shape index (κ2) is 4.63. The van der Waals surface area contributed by atoms with Crippen LogP contribution in [0.2, 0.25) is 0 Å². The van der Waals surface area contributed by atoms with E-state index in [1.807, 2.05) is 30.3 Å². The van der Waals surface area contributed by atoms with E-state index in [0.717, 1.165) is 22.0 Å². The Labute approximate surface area is 116 Å². The Hall–Kier alpha value is -2.36. The van der Waals surface area contributed by atoms with Crippen molar-refractivity contribution in [2.45, 2.75) is 19.8 Å². The molecule has 20 heavy (non-hydrogen) atoms. The summed E-state index contributed by atoms with van der Waals surface area (Å²) in [7, 11) is 0. The number of hydrogen-bond donors (Lipinski definition) is 2. The van der Waals surface area contributed by atoms with Crippen LogP contribution in [0.5, 0.6) is 0 Å². The highest BCUT2D eigenvalue weighted by atomic mass is 19.1. The lowest BCUT2D eigenvalue weighted by molar-refractivity contribution is 0.630. The zero-order valence-corrected chi connectivity index (χ0v) is 11.4. The zero-order chi connectivity index (χ0) is 14.3. The van der Waals surface area contributed by atoms with Gasteiger partial charge in [-0.05, 0) is 41.3 Å². The van der Waals surface area contributed by atoms with Crippen molar-refractivity contribution in [3.05, 3.63) is 47.8 Å². The number of nitrogens with zero attached hydrogens (tertiary/aromatic N) is 1. The first-order chi connectivity index (χ1) is 9.56. The molecule has 3 rings (SSSR count). The molecule has 0 saturated carbocycles. The summed E-state index contributed by atoms with van der Waals surface area (Å²) >= 11 is 0. The molecule has 0 spiro atoms. The first-order valence-corrected chi connectivity index (χ1v) is 6.59. The normalized spacial score (nSPS) is 11.4. The Morgan fingerprint density at radius 1 is 1.15 bits per heavy atom. The SMILES string of the molecule is CC(C)c1ccc(F)c(-c2ccc3c(N)n[nH]c3c2)c1. The molecule has 0 aliphatic carbocycles. The minimum absolute atomic E-state index is 0.221. The van der Waals surface area contributed by atoms with Gasteiger partial charge in [0.1, 0.15) is 5.82 Å². The molecule has 4 heteroatoms. The third-order valence-corrected chi connectivity index (χ3v) is 3.56. The fraction of sp³-hybridized carbons (Fsp3) is 0.188. The van der Waals surface area contributed by atoms with Crippen molar-refractivity contribution < 1.29 is 4.39 Å². The summed E-state index contributed by atoms with van der Waals surface area (Å²) in [6.45, 7) is 4.19. The van der Waals surface area contributed by atoms with E-state index in [4.69, 9.17) is 5.73 Å². The van der Waals surface area contributed by atoms with Crippen LogP contribution < -0.4 is 5.73 Å². The van der Waals surface area contributed by atoms with Gasteiger partial charge in [0.25, 0.3) is 0 Å². The number of rotatable bonds is 2. The van der Waals surface area contributed by atoms with Crippen LogP contribution in [0.4, 0.5) is 10.2 Å². The monoisotopic (exact) mass is 269 g/mol. The molecule has 1 aromatic heterocycles. The number of nitrogens with two attached hydrogens (primary N) is 1. The fourth-order valence-corrected chi connectivity index (χ4v) is 2.33. The van der Waals surface area contributed by atoms with E-state index in [2.05, 4.69) is 24.0 Å².